The van der Waals surface area contributed by atoms with Crippen LogP contribution in [0.4, 0.5) is 0 Å². The monoisotopic (exact) mass is 256 g/mol. The highest BCUT2D eigenvalue weighted by atomic mass is 79.9. The molecule has 1 aromatic heterocycles. The Bertz CT molecular complexity index is 269. The van der Waals surface area contributed by atoms with Crippen molar-refractivity contribution < 1.29 is 0 Å². The summed E-state index contributed by atoms with van der Waals surface area (Å²) in [4.78, 5) is 4.28. The Morgan fingerprint density at radius 3 is 2.57 bits per heavy atom. The number of nitrogens with zero attached hydrogens (tertiary/aromatic N) is 1. The van der Waals surface area contributed by atoms with E-state index in [1.165, 1.54) is 0 Å². The van der Waals surface area contributed by atoms with Crippen LogP contribution in [0.15, 0.2) is 22.8 Å². The number of nitrogens with two attached hydrogens (primary N) is 1. The summed E-state index contributed by atoms with van der Waals surface area (Å²) >= 11 is 3.35. The van der Waals surface area contributed by atoms with Crippen LogP contribution in [0.25, 0.3) is 0 Å². The molecule has 0 bridgehead atoms. The van der Waals surface area contributed by atoms with Gasteiger partial charge in [-0.2, -0.15) is 0 Å². The molecule has 0 aliphatic rings. The van der Waals surface area contributed by atoms with Crippen LogP contribution in [0.2, 0.25) is 0 Å². The molecule has 0 saturated carbocycles. The maximum absolute atomic E-state index is 6.02. The number of aromatic nitrogens is 1. The van der Waals surface area contributed by atoms with Gasteiger partial charge in [0.15, 0.2) is 0 Å². The normalized spacial score (nSPS) is 13.2. The van der Waals surface area contributed by atoms with E-state index in [4.69, 9.17) is 5.73 Å². The quantitative estimate of drug-likeness (QED) is 0.898. The van der Waals surface area contributed by atoms with Crippen LogP contribution in [0.3, 0.4) is 0 Å². The Balaban J connectivity index is 2.52. The van der Waals surface area contributed by atoms with Crippen molar-refractivity contribution in [2.24, 2.45) is 11.7 Å². The molecule has 0 radical (unpaired) electrons. The molecule has 2 nitrogen and oxygen atoms in total. The van der Waals surface area contributed by atoms with Crippen LogP contribution in [0, 0.1) is 5.92 Å². The van der Waals surface area contributed by atoms with E-state index in [2.05, 4.69) is 34.8 Å². The fourth-order valence-electron chi connectivity index (χ4n) is 1.27. The number of rotatable bonds is 4. The smallest absolute Gasteiger partial charge is 0.0571 e. The highest BCUT2D eigenvalue weighted by molar-refractivity contribution is 9.10. The summed E-state index contributed by atoms with van der Waals surface area (Å²) in [5.74, 6) is 0.705. The molecule has 3 heteroatoms. The van der Waals surface area contributed by atoms with Crippen molar-refractivity contribution >= 4 is 15.9 Å². The summed E-state index contributed by atoms with van der Waals surface area (Å²) in [6.45, 7) is 4.42. The Hall–Kier alpha value is -0.410. The molecular formula is C11H17BrN2. The molecule has 2 N–H and O–H groups in total. The van der Waals surface area contributed by atoms with Crippen molar-refractivity contribution in [1.29, 1.82) is 0 Å². The van der Waals surface area contributed by atoms with E-state index >= 15 is 0 Å². The number of pyridine rings is 1. The molecule has 1 heterocycles. The Morgan fingerprint density at radius 2 is 2.07 bits per heavy atom. The first-order valence-corrected chi connectivity index (χ1v) is 5.76. The lowest BCUT2D eigenvalue weighted by Crippen LogP contribution is -2.12. The third kappa shape index (κ3) is 3.76. The molecule has 0 aromatic carbocycles. The SMILES string of the molecule is CC(C)CC[C@@H](N)c1ccc(Br)cn1. The zero-order chi connectivity index (χ0) is 10.6. The van der Waals surface area contributed by atoms with E-state index in [9.17, 15) is 0 Å². The lowest BCUT2D eigenvalue weighted by Gasteiger charge is -2.12. The van der Waals surface area contributed by atoms with Crippen LogP contribution in [0.5, 0.6) is 0 Å². The van der Waals surface area contributed by atoms with E-state index in [-0.39, 0.29) is 6.04 Å². The number of halogens is 1. The van der Waals surface area contributed by atoms with Gasteiger partial charge in [0.2, 0.25) is 0 Å². The Labute approximate surface area is 94.0 Å². The summed E-state index contributed by atoms with van der Waals surface area (Å²) < 4.78 is 0.998. The van der Waals surface area contributed by atoms with Gasteiger partial charge in [-0.15, -0.1) is 0 Å². The molecule has 0 saturated heterocycles. The topological polar surface area (TPSA) is 38.9 Å². The van der Waals surface area contributed by atoms with Crippen molar-refractivity contribution in [3.8, 4) is 0 Å². The van der Waals surface area contributed by atoms with Crippen molar-refractivity contribution in [2.75, 3.05) is 0 Å². The van der Waals surface area contributed by atoms with Gasteiger partial charge >= 0.3 is 0 Å². The second-order valence-electron chi connectivity index (χ2n) is 3.98. The second kappa shape index (κ2) is 5.47. The zero-order valence-electron chi connectivity index (χ0n) is 8.70. The van der Waals surface area contributed by atoms with Gasteiger partial charge in [-0.25, -0.2) is 0 Å². The summed E-state index contributed by atoms with van der Waals surface area (Å²) in [7, 11) is 0. The summed E-state index contributed by atoms with van der Waals surface area (Å²) in [6, 6.07) is 4.04. The average molecular weight is 257 g/mol. The lowest BCUT2D eigenvalue weighted by molar-refractivity contribution is 0.501. The lowest BCUT2D eigenvalue weighted by atomic mass is 10.0. The van der Waals surface area contributed by atoms with Crippen LogP contribution in [-0.4, -0.2) is 4.98 Å². The molecule has 0 amide bonds. The van der Waals surface area contributed by atoms with Gasteiger partial charge in [-0.3, -0.25) is 4.98 Å². The van der Waals surface area contributed by atoms with Crippen molar-refractivity contribution in [1.82, 2.24) is 4.98 Å². The van der Waals surface area contributed by atoms with Crippen molar-refractivity contribution in [3.05, 3.63) is 28.5 Å². The summed E-state index contributed by atoms with van der Waals surface area (Å²) in [5.41, 5.74) is 7.00. The minimum atomic E-state index is 0.0745. The summed E-state index contributed by atoms with van der Waals surface area (Å²) in [5, 5.41) is 0. The number of hydrogen-bond acceptors (Lipinski definition) is 2. The van der Waals surface area contributed by atoms with E-state index < -0.39 is 0 Å². The van der Waals surface area contributed by atoms with Gasteiger partial charge < -0.3 is 5.73 Å². The van der Waals surface area contributed by atoms with Gasteiger partial charge in [0.1, 0.15) is 0 Å². The first kappa shape index (κ1) is 11.7. The second-order valence-corrected chi connectivity index (χ2v) is 4.89. The van der Waals surface area contributed by atoms with Gasteiger partial charge in [-0.05, 0) is 46.8 Å². The van der Waals surface area contributed by atoms with Crippen LogP contribution >= 0.6 is 15.9 Å². The molecule has 1 atom stereocenters. The minimum Gasteiger partial charge on any atom is -0.323 e. The van der Waals surface area contributed by atoms with Crippen LogP contribution in [0.1, 0.15) is 38.4 Å². The predicted octanol–water partition coefficient (Wildman–Crippen LogP) is 3.28. The molecule has 14 heavy (non-hydrogen) atoms. The minimum absolute atomic E-state index is 0.0745. The molecule has 0 spiro atoms. The molecule has 1 aromatic rings. The van der Waals surface area contributed by atoms with Crippen LogP contribution in [-0.2, 0) is 0 Å². The Morgan fingerprint density at radius 1 is 1.36 bits per heavy atom. The maximum Gasteiger partial charge on any atom is 0.0571 e. The first-order chi connectivity index (χ1) is 6.59. The molecule has 0 fully saturated rings. The molecule has 0 aliphatic heterocycles. The molecule has 0 unspecified atom stereocenters. The van der Waals surface area contributed by atoms with Gasteiger partial charge in [0.25, 0.3) is 0 Å². The van der Waals surface area contributed by atoms with Gasteiger partial charge in [-0.1, -0.05) is 13.8 Å². The summed E-state index contributed by atoms with van der Waals surface area (Å²) in [6.07, 6.45) is 3.95. The highest BCUT2D eigenvalue weighted by Gasteiger charge is 2.07. The zero-order valence-corrected chi connectivity index (χ0v) is 10.3. The molecule has 78 valence electrons. The third-order valence-electron chi connectivity index (χ3n) is 2.19. The average Bonchev–Trinajstić information content (AvgIpc) is 2.15. The molecule has 1 rings (SSSR count). The number of hydrogen-bond donors (Lipinski definition) is 1. The first-order valence-electron chi connectivity index (χ1n) is 4.96. The van der Waals surface area contributed by atoms with Crippen LogP contribution < -0.4 is 5.73 Å². The molecule has 0 aliphatic carbocycles. The Kier molecular flexibility index (Phi) is 4.55. The maximum atomic E-state index is 6.02. The molecular weight excluding hydrogens is 240 g/mol. The standard InChI is InChI=1S/C11H17BrN2/c1-8(2)3-5-10(13)11-6-4-9(12)7-14-11/h4,6-8,10H,3,5,13H2,1-2H3/t10-/m1/s1. The highest BCUT2D eigenvalue weighted by Crippen LogP contribution is 2.18. The largest absolute Gasteiger partial charge is 0.323 e. The van der Waals surface area contributed by atoms with Crippen molar-refractivity contribution in [2.45, 2.75) is 32.7 Å². The fraction of sp³-hybridized carbons (Fsp3) is 0.545. The fourth-order valence-corrected chi connectivity index (χ4v) is 1.50. The van der Waals surface area contributed by atoms with E-state index in [1.54, 1.807) is 6.20 Å². The van der Waals surface area contributed by atoms with E-state index in [1.807, 2.05) is 12.1 Å². The third-order valence-corrected chi connectivity index (χ3v) is 2.65. The predicted molar refractivity (Wildman–Crippen MR) is 62.9 cm³/mol. The van der Waals surface area contributed by atoms with E-state index in [0.717, 1.165) is 23.0 Å². The van der Waals surface area contributed by atoms with Gasteiger partial charge in [0.05, 0.1) is 5.69 Å². The van der Waals surface area contributed by atoms with Crippen molar-refractivity contribution in [3.63, 3.8) is 0 Å². The van der Waals surface area contributed by atoms with Gasteiger partial charge in [0, 0.05) is 16.7 Å². The van der Waals surface area contributed by atoms with E-state index in [0.29, 0.717) is 5.92 Å².